The van der Waals surface area contributed by atoms with E-state index in [9.17, 15) is 8.42 Å². The molecule has 1 heterocycles. The lowest BCUT2D eigenvalue weighted by molar-refractivity contribution is 0.247. The molecule has 2 rings (SSSR count). The highest BCUT2D eigenvalue weighted by atomic mass is 32.2. The lowest BCUT2D eigenvalue weighted by Crippen LogP contribution is -2.49. The highest BCUT2D eigenvalue weighted by Gasteiger charge is 2.43. The van der Waals surface area contributed by atoms with E-state index >= 15 is 0 Å². The van der Waals surface area contributed by atoms with E-state index in [0.717, 1.165) is 25.7 Å². The maximum atomic E-state index is 12.0. The highest BCUT2D eigenvalue weighted by molar-refractivity contribution is 7.90. The molecule has 2 atom stereocenters. The van der Waals surface area contributed by atoms with Crippen molar-refractivity contribution >= 4 is 10.0 Å². The molecular formula is C9H18N2O2S. The van der Waals surface area contributed by atoms with Gasteiger partial charge in [0, 0.05) is 18.6 Å². The molecule has 0 radical (unpaired) electrons. The van der Waals surface area contributed by atoms with E-state index < -0.39 is 10.0 Å². The zero-order chi connectivity index (χ0) is 10.3. The first kappa shape index (κ1) is 10.4. The number of nitrogens with two attached hydrogens (primary N) is 1. The summed E-state index contributed by atoms with van der Waals surface area (Å²) in [7, 11) is -2.98. The van der Waals surface area contributed by atoms with Gasteiger partial charge >= 0.3 is 0 Å². The molecule has 82 valence electrons. The van der Waals surface area contributed by atoms with Gasteiger partial charge in [0.05, 0.1) is 5.25 Å². The maximum Gasteiger partial charge on any atom is 0.217 e. The van der Waals surface area contributed by atoms with E-state index in [2.05, 4.69) is 0 Å². The van der Waals surface area contributed by atoms with E-state index in [-0.39, 0.29) is 17.3 Å². The van der Waals surface area contributed by atoms with Crippen molar-refractivity contribution in [2.24, 2.45) is 5.73 Å². The summed E-state index contributed by atoms with van der Waals surface area (Å²) in [5, 5.41) is -0.0840. The summed E-state index contributed by atoms with van der Waals surface area (Å²) >= 11 is 0. The summed E-state index contributed by atoms with van der Waals surface area (Å²) in [6, 6.07) is 0.264. The smallest absolute Gasteiger partial charge is 0.217 e. The first-order chi connectivity index (χ1) is 6.51. The average Bonchev–Trinajstić information content (AvgIpc) is 2.84. The minimum atomic E-state index is -2.98. The molecule has 14 heavy (non-hydrogen) atoms. The van der Waals surface area contributed by atoms with Crippen molar-refractivity contribution in [1.82, 2.24) is 4.31 Å². The second kappa shape index (κ2) is 3.47. The Morgan fingerprint density at radius 1 is 1.29 bits per heavy atom. The first-order valence-corrected chi connectivity index (χ1v) is 6.78. The summed E-state index contributed by atoms with van der Waals surface area (Å²) in [5.41, 5.74) is 5.80. The van der Waals surface area contributed by atoms with Gasteiger partial charge in [0.25, 0.3) is 0 Å². The number of piperidine rings is 1. The van der Waals surface area contributed by atoms with Crippen LogP contribution in [-0.4, -0.2) is 36.6 Å². The van der Waals surface area contributed by atoms with Crippen molar-refractivity contribution in [3.63, 3.8) is 0 Å². The van der Waals surface area contributed by atoms with E-state index in [0.29, 0.717) is 6.54 Å². The van der Waals surface area contributed by atoms with Gasteiger partial charge in [-0.25, -0.2) is 8.42 Å². The molecule has 2 N–H and O–H groups in total. The third-order valence-electron chi connectivity index (χ3n) is 3.13. The molecule has 1 saturated heterocycles. The van der Waals surface area contributed by atoms with E-state index in [1.807, 2.05) is 6.92 Å². The molecule has 0 aromatic carbocycles. The Kier molecular flexibility index (Phi) is 2.57. The van der Waals surface area contributed by atoms with Gasteiger partial charge in [-0.2, -0.15) is 4.31 Å². The van der Waals surface area contributed by atoms with Crippen LogP contribution in [0.2, 0.25) is 0 Å². The molecule has 2 aliphatic rings. The Morgan fingerprint density at radius 3 is 2.43 bits per heavy atom. The van der Waals surface area contributed by atoms with Gasteiger partial charge < -0.3 is 5.73 Å². The van der Waals surface area contributed by atoms with Crippen molar-refractivity contribution in [3.05, 3.63) is 0 Å². The second-order valence-corrected chi connectivity index (χ2v) is 6.65. The van der Waals surface area contributed by atoms with Crippen LogP contribution >= 0.6 is 0 Å². The second-order valence-electron chi connectivity index (χ2n) is 4.49. The van der Waals surface area contributed by atoms with E-state index in [1.54, 1.807) is 4.31 Å². The van der Waals surface area contributed by atoms with Gasteiger partial charge in [-0.1, -0.05) is 0 Å². The molecule has 1 saturated carbocycles. The molecule has 0 aromatic rings. The Labute approximate surface area is 85.5 Å². The molecule has 2 unspecified atom stereocenters. The van der Waals surface area contributed by atoms with Gasteiger partial charge in [0.2, 0.25) is 10.0 Å². The van der Waals surface area contributed by atoms with Crippen molar-refractivity contribution in [1.29, 1.82) is 0 Å². The van der Waals surface area contributed by atoms with Gasteiger partial charge in [-0.05, 0) is 32.6 Å². The molecule has 1 aliphatic carbocycles. The summed E-state index contributed by atoms with van der Waals surface area (Å²) in [6.45, 7) is 2.57. The quantitative estimate of drug-likeness (QED) is 0.724. The fraction of sp³-hybridized carbons (Fsp3) is 1.00. The predicted molar refractivity (Wildman–Crippen MR) is 55.3 cm³/mol. The Morgan fingerprint density at radius 2 is 1.93 bits per heavy atom. The molecule has 2 fully saturated rings. The summed E-state index contributed by atoms with van der Waals surface area (Å²) < 4.78 is 25.6. The largest absolute Gasteiger partial charge is 0.328 e. The van der Waals surface area contributed by atoms with Crippen LogP contribution in [0.15, 0.2) is 0 Å². The minimum absolute atomic E-state index is 0.0840. The normalized spacial score (nSPS) is 35.9. The van der Waals surface area contributed by atoms with Crippen LogP contribution in [0, 0.1) is 0 Å². The van der Waals surface area contributed by atoms with Gasteiger partial charge in [-0.3, -0.25) is 0 Å². The van der Waals surface area contributed by atoms with E-state index in [4.69, 9.17) is 5.73 Å². The fourth-order valence-electron chi connectivity index (χ4n) is 2.12. The minimum Gasteiger partial charge on any atom is -0.328 e. The number of rotatable bonds is 2. The number of sulfonamides is 1. The monoisotopic (exact) mass is 218 g/mol. The van der Waals surface area contributed by atoms with E-state index in [1.165, 1.54) is 0 Å². The SMILES string of the molecule is CC1CC(N)CCN1S(=O)(=O)C1CC1. The summed E-state index contributed by atoms with van der Waals surface area (Å²) in [6.07, 6.45) is 3.29. The van der Waals surface area contributed by atoms with Gasteiger partial charge in [0.1, 0.15) is 0 Å². The third-order valence-corrected chi connectivity index (χ3v) is 5.64. The maximum absolute atomic E-state index is 12.0. The molecular weight excluding hydrogens is 200 g/mol. The van der Waals surface area contributed by atoms with Crippen molar-refractivity contribution in [2.75, 3.05) is 6.54 Å². The van der Waals surface area contributed by atoms with Crippen LogP contribution in [-0.2, 0) is 10.0 Å². The van der Waals surface area contributed by atoms with Crippen LogP contribution in [0.25, 0.3) is 0 Å². The number of hydrogen-bond donors (Lipinski definition) is 1. The van der Waals surface area contributed by atoms with Crippen LogP contribution in [0.4, 0.5) is 0 Å². The fourth-order valence-corrected chi connectivity index (χ4v) is 4.18. The lowest BCUT2D eigenvalue weighted by Gasteiger charge is -2.35. The zero-order valence-corrected chi connectivity index (χ0v) is 9.33. The number of hydrogen-bond acceptors (Lipinski definition) is 3. The lowest BCUT2D eigenvalue weighted by atomic mass is 10.0. The molecule has 5 heteroatoms. The Bertz CT molecular complexity index is 311. The first-order valence-electron chi connectivity index (χ1n) is 5.28. The topological polar surface area (TPSA) is 63.4 Å². The van der Waals surface area contributed by atoms with Crippen molar-refractivity contribution in [3.8, 4) is 0 Å². The van der Waals surface area contributed by atoms with Crippen molar-refractivity contribution < 1.29 is 8.42 Å². The van der Waals surface area contributed by atoms with Crippen LogP contribution in [0.5, 0.6) is 0 Å². The van der Waals surface area contributed by atoms with Crippen LogP contribution < -0.4 is 5.73 Å². The van der Waals surface area contributed by atoms with Gasteiger partial charge in [-0.15, -0.1) is 0 Å². The standard InChI is InChI=1S/C9H18N2O2S/c1-7-6-8(10)4-5-11(7)14(12,13)9-2-3-9/h7-9H,2-6,10H2,1H3. The summed E-state index contributed by atoms with van der Waals surface area (Å²) in [5.74, 6) is 0. The molecule has 1 aliphatic heterocycles. The average molecular weight is 218 g/mol. The Balaban J connectivity index is 2.10. The molecule has 0 aromatic heterocycles. The van der Waals surface area contributed by atoms with Crippen LogP contribution in [0.1, 0.15) is 32.6 Å². The molecule has 0 amide bonds. The van der Waals surface area contributed by atoms with Gasteiger partial charge in [0.15, 0.2) is 0 Å². The predicted octanol–water partition coefficient (Wildman–Crippen LogP) is 0.290. The van der Waals surface area contributed by atoms with Crippen LogP contribution in [0.3, 0.4) is 0 Å². The van der Waals surface area contributed by atoms with Crippen molar-refractivity contribution in [2.45, 2.75) is 49.9 Å². The number of nitrogens with zero attached hydrogens (tertiary/aromatic N) is 1. The zero-order valence-electron chi connectivity index (χ0n) is 8.52. The third kappa shape index (κ3) is 1.81. The molecule has 4 nitrogen and oxygen atoms in total. The Hall–Kier alpha value is -0.130. The molecule has 0 spiro atoms. The highest BCUT2D eigenvalue weighted by Crippen LogP contribution is 2.33. The molecule has 0 bridgehead atoms. The summed E-state index contributed by atoms with van der Waals surface area (Å²) in [4.78, 5) is 0.